The molecule has 0 radical (unpaired) electrons. The molecule has 116 valence electrons. The van der Waals surface area contributed by atoms with E-state index in [2.05, 4.69) is 0 Å². The van der Waals surface area contributed by atoms with Gasteiger partial charge in [-0.1, -0.05) is 30.3 Å². The second-order valence-corrected chi connectivity index (χ2v) is 5.59. The third-order valence-electron chi connectivity index (χ3n) is 3.98. The Balaban J connectivity index is 1.77. The van der Waals surface area contributed by atoms with E-state index in [-0.39, 0.29) is 0 Å². The van der Waals surface area contributed by atoms with Gasteiger partial charge in [-0.15, -0.1) is 0 Å². The Morgan fingerprint density at radius 3 is 2.55 bits per heavy atom. The lowest BCUT2D eigenvalue weighted by molar-refractivity contribution is -0.0681. The molecule has 0 aromatic heterocycles. The summed E-state index contributed by atoms with van der Waals surface area (Å²) >= 11 is 0. The van der Waals surface area contributed by atoms with Crippen LogP contribution in [-0.4, -0.2) is 18.3 Å². The quantitative estimate of drug-likeness (QED) is 0.940. The number of benzene rings is 2. The maximum atomic E-state index is 13.9. The Bertz CT molecular complexity index is 621. The van der Waals surface area contributed by atoms with E-state index in [1.165, 1.54) is 12.1 Å². The maximum Gasteiger partial charge on any atom is 0.127 e. The van der Waals surface area contributed by atoms with Crippen LogP contribution in [0.3, 0.4) is 0 Å². The van der Waals surface area contributed by atoms with Gasteiger partial charge in [0.05, 0.1) is 5.60 Å². The van der Waals surface area contributed by atoms with Gasteiger partial charge in [-0.3, -0.25) is 0 Å². The van der Waals surface area contributed by atoms with Crippen molar-refractivity contribution in [2.75, 3.05) is 13.2 Å². The number of halogens is 1. The lowest BCUT2D eigenvalue weighted by atomic mass is 9.86. The molecule has 2 aromatic rings. The molecule has 0 aliphatic carbocycles. The summed E-state index contributed by atoms with van der Waals surface area (Å²) in [5.74, 6) is 0.0271. The fourth-order valence-corrected chi connectivity index (χ4v) is 2.65. The van der Waals surface area contributed by atoms with E-state index in [0.717, 1.165) is 5.56 Å². The van der Waals surface area contributed by atoms with Crippen LogP contribution < -0.4 is 4.74 Å². The van der Waals surface area contributed by atoms with Gasteiger partial charge < -0.3 is 14.6 Å². The van der Waals surface area contributed by atoms with Gasteiger partial charge in [0.25, 0.3) is 0 Å². The van der Waals surface area contributed by atoms with Gasteiger partial charge in [0.2, 0.25) is 0 Å². The summed E-state index contributed by atoms with van der Waals surface area (Å²) in [5.41, 5.74) is 0.530. The normalized spacial score (nSPS) is 17.2. The highest BCUT2D eigenvalue weighted by molar-refractivity contribution is 5.34. The van der Waals surface area contributed by atoms with Crippen molar-refractivity contribution in [1.29, 1.82) is 0 Å². The number of ether oxygens (including phenoxy) is 2. The Kier molecular flexibility index (Phi) is 4.41. The Morgan fingerprint density at radius 2 is 1.82 bits per heavy atom. The van der Waals surface area contributed by atoms with Gasteiger partial charge >= 0.3 is 0 Å². The van der Waals surface area contributed by atoms with E-state index in [4.69, 9.17) is 9.47 Å². The smallest absolute Gasteiger partial charge is 0.127 e. The first-order chi connectivity index (χ1) is 10.7. The second kappa shape index (κ2) is 6.46. The fourth-order valence-electron chi connectivity index (χ4n) is 2.65. The van der Waals surface area contributed by atoms with Crippen LogP contribution in [0.5, 0.6) is 5.75 Å². The van der Waals surface area contributed by atoms with Crippen molar-refractivity contribution < 1.29 is 19.0 Å². The van der Waals surface area contributed by atoms with Gasteiger partial charge in [0.15, 0.2) is 0 Å². The zero-order valence-corrected chi connectivity index (χ0v) is 12.3. The molecule has 0 saturated carbocycles. The molecule has 3 nitrogen and oxygen atoms in total. The van der Waals surface area contributed by atoms with Crippen LogP contribution in [0.4, 0.5) is 4.39 Å². The molecule has 4 heteroatoms. The van der Waals surface area contributed by atoms with Crippen molar-refractivity contribution in [3.8, 4) is 5.75 Å². The number of aliphatic hydroxyl groups is 1. The average Bonchev–Trinajstić information content (AvgIpc) is 2.54. The van der Waals surface area contributed by atoms with E-state index in [1.54, 1.807) is 6.07 Å². The molecule has 1 saturated heterocycles. The van der Waals surface area contributed by atoms with Crippen LogP contribution in [0.2, 0.25) is 0 Å². The van der Waals surface area contributed by atoms with Crippen LogP contribution in [0.25, 0.3) is 0 Å². The molecule has 0 amide bonds. The topological polar surface area (TPSA) is 38.7 Å². The van der Waals surface area contributed by atoms with E-state index in [9.17, 15) is 9.50 Å². The van der Waals surface area contributed by atoms with Crippen LogP contribution in [0, 0.1) is 5.82 Å². The standard InChI is InChI=1S/C18H19FO3/c19-16-10-15(18(20)6-8-21-9-7-18)11-17(12-16)22-13-14-4-2-1-3-5-14/h1-5,10-12,20H,6-9,13H2. The Morgan fingerprint density at radius 1 is 1.09 bits per heavy atom. The summed E-state index contributed by atoms with van der Waals surface area (Å²) in [6.07, 6.45) is 0.934. The maximum absolute atomic E-state index is 13.9. The summed E-state index contributed by atoms with van der Waals surface area (Å²) in [4.78, 5) is 0. The van der Waals surface area contributed by atoms with Crippen molar-refractivity contribution in [3.05, 3.63) is 65.5 Å². The highest BCUT2D eigenvalue weighted by atomic mass is 19.1. The van der Waals surface area contributed by atoms with Gasteiger partial charge in [0.1, 0.15) is 18.2 Å². The molecular weight excluding hydrogens is 283 g/mol. The molecule has 1 heterocycles. The number of hydrogen-bond acceptors (Lipinski definition) is 3. The van der Waals surface area contributed by atoms with Gasteiger partial charge in [-0.25, -0.2) is 4.39 Å². The molecule has 0 atom stereocenters. The molecule has 1 fully saturated rings. The highest BCUT2D eigenvalue weighted by Gasteiger charge is 2.32. The second-order valence-electron chi connectivity index (χ2n) is 5.59. The van der Waals surface area contributed by atoms with Gasteiger partial charge in [0, 0.05) is 32.1 Å². The van der Waals surface area contributed by atoms with E-state index < -0.39 is 11.4 Å². The molecule has 0 unspecified atom stereocenters. The highest BCUT2D eigenvalue weighted by Crippen LogP contribution is 2.34. The van der Waals surface area contributed by atoms with E-state index in [1.807, 2.05) is 30.3 Å². The summed E-state index contributed by atoms with van der Waals surface area (Å²) in [6.45, 7) is 1.33. The van der Waals surface area contributed by atoms with E-state index >= 15 is 0 Å². The predicted octanol–water partition coefficient (Wildman–Crippen LogP) is 3.40. The molecule has 1 aliphatic heterocycles. The fraction of sp³-hybridized carbons (Fsp3) is 0.333. The number of rotatable bonds is 4. The summed E-state index contributed by atoms with van der Waals surface area (Å²) in [6, 6.07) is 14.1. The van der Waals surface area contributed by atoms with Crippen molar-refractivity contribution in [2.24, 2.45) is 0 Å². The first-order valence-electron chi connectivity index (χ1n) is 7.44. The molecule has 1 N–H and O–H groups in total. The van der Waals surface area contributed by atoms with Crippen LogP contribution in [-0.2, 0) is 16.9 Å². The van der Waals surface area contributed by atoms with Crippen LogP contribution >= 0.6 is 0 Å². The molecule has 2 aromatic carbocycles. The molecule has 1 aliphatic rings. The van der Waals surface area contributed by atoms with Crippen molar-refractivity contribution in [3.63, 3.8) is 0 Å². The van der Waals surface area contributed by atoms with Crippen molar-refractivity contribution >= 4 is 0 Å². The summed E-state index contributed by atoms with van der Waals surface area (Å²) in [7, 11) is 0. The summed E-state index contributed by atoms with van der Waals surface area (Å²) in [5, 5.41) is 10.7. The van der Waals surface area contributed by atoms with Gasteiger partial charge in [-0.05, 0) is 23.3 Å². The van der Waals surface area contributed by atoms with Gasteiger partial charge in [-0.2, -0.15) is 0 Å². The minimum atomic E-state index is -1.04. The molecule has 3 rings (SSSR count). The SMILES string of the molecule is OC1(c2cc(F)cc(OCc3ccccc3)c2)CCOCC1. The predicted molar refractivity (Wildman–Crippen MR) is 81.1 cm³/mol. The summed E-state index contributed by atoms with van der Waals surface area (Å²) < 4.78 is 24.8. The van der Waals surface area contributed by atoms with Crippen molar-refractivity contribution in [1.82, 2.24) is 0 Å². The zero-order chi connectivity index (χ0) is 15.4. The third-order valence-corrected chi connectivity index (χ3v) is 3.98. The minimum Gasteiger partial charge on any atom is -0.489 e. The first kappa shape index (κ1) is 15.0. The molecule has 0 spiro atoms. The van der Waals surface area contributed by atoms with Crippen LogP contribution in [0.15, 0.2) is 48.5 Å². The van der Waals surface area contributed by atoms with E-state index in [0.29, 0.717) is 44.0 Å². The lowest BCUT2D eigenvalue weighted by Crippen LogP contribution is -2.33. The third kappa shape index (κ3) is 3.46. The first-order valence-corrected chi connectivity index (χ1v) is 7.44. The number of hydrogen-bond donors (Lipinski definition) is 1. The molecule has 0 bridgehead atoms. The lowest BCUT2D eigenvalue weighted by Gasteiger charge is -2.32. The average molecular weight is 302 g/mol. The van der Waals surface area contributed by atoms with Crippen LogP contribution in [0.1, 0.15) is 24.0 Å². The van der Waals surface area contributed by atoms with Crippen molar-refractivity contribution in [2.45, 2.75) is 25.0 Å². The Labute approximate surface area is 129 Å². The molecule has 22 heavy (non-hydrogen) atoms. The zero-order valence-electron chi connectivity index (χ0n) is 12.3. The Hall–Kier alpha value is -1.91. The minimum absolute atomic E-state index is 0.366. The monoisotopic (exact) mass is 302 g/mol. The molecular formula is C18H19FO3. The largest absolute Gasteiger partial charge is 0.489 e.